The predicted octanol–water partition coefficient (Wildman–Crippen LogP) is 15.6. The molecule has 0 unspecified atom stereocenters. The van der Waals surface area contributed by atoms with Crippen LogP contribution < -0.4 is 25.5 Å². The van der Waals surface area contributed by atoms with Gasteiger partial charge >= 0.3 is 0 Å². The maximum absolute atomic E-state index is 6.20. The molecule has 324 valence electrons. The Bertz CT molecular complexity index is 3170. The highest BCUT2D eigenvalue weighted by atomic mass is 32.1. The number of benzene rings is 6. The van der Waals surface area contributed by atoms with Crippen molar-refractivity contribution in [2.75, 3.05) is 9.80 Å². The van der Waals surface area contributed by atoms with E-state index in [4.69, 9.17) is 4.42 Å². The molecule has 0 atom stereocenters. The van der Waals surface area contributed by atoms with Crippen LogP contribution in [0.1, 0.15) is 127 Å². The summed E-state index contributed by atoms with van der Waals surface area (Å²) in [5, 5.41) is 2.47. The lowest BCUT2D eigenvalue weighted by atomic mass is 9.36. The minimum atomic E-state index is 0.00242. The molecule has 0 bridgehead atoms. The highest BCUT2D eigenvalue weighted by Crippen LogP contribution is 2.52. The van der Waals surface area contributed by atoms with Gasteiger partial charge in [-0.15, -0.1) is 11.3 Å². The van der Waals surface area contributed by atoms with Crippen molar-refractivity contribution in [3.8, 4) is 11.1 Å². The molecule has 64 heavy (non-hydrogen) atoms. The molecule has 0 N–H and O–H groups in total. The Labute approximate surface area is 386 Å². The second-order valence-electron chi connectivity index (χ2n) is 22.3. The van der Waals surface area contributed by atoms with E-state index in [0.29, 0.717) is 5.92 Å². The molecule has 8 aromatic rings. The number of nitrogens with zero attached hydrogens (tertiary/aromatic N) is 2. The first-order valence-corrected chi connectivity index (χ1v) is 24.1. The molecule has 2 aromatic heterocycles. The smallest absolute Gasteiger partial charge is 0.264 e. The zero-order valence-electron chi connectivity index (χ0n) is 40.7. The van der Waals surface area contributed by atoms with Crippen LogP contribution in [-0.2, 0) is 16.2 Å². The van der Waals surface area contributed by atoms with Gasteiger partial charge in [0.25, 0.3) is 6.71 Å². The molecule has 10 rings (SSSR count). The van der Waals surface area contributed by atoms with Crippen LogP contribution in [0, 0.1) is 27.7 Å². The van der Waals surface area contributed by atoms with Crippen molar-refractivity contribution in [3.05, 3.63) is 148 Å². The van der Waals surface area contributed by atoms with Gasteiger partial charge < -0.3 is 14.2 Å². The zero-order chi connectivity index (χ0) is 45.5. The Hall–Kier alpha value is -5.52. The minimum Gasteiger partial charge on any atom is -0.464 e. The monoisotopic (exact) mass is 858 g/mol. The van der Waals surface area contributed by atoms with Crippen LogP contribution in [-0.4, -0.2) is 6.71 Å². The Morgan fingerprint density at radius 2 is 1.11 bits per heavy atom. The van der Waals surface area contributed by atoms with Gasteiger partial charge in [0.05, 0.1) is 23.3 Å². The van der Waals surface area contributed by atoms with Crippen LogP contribution in [0.25, 0.3) is 32.2 Å². The molecule has 5 heteroatoms. The fraction of sp³-hybridized carbons (Fsp3) is 0.322. The van der Waals surface area contributed by atoms with Crippen LogP contribution in [0.5, 0.6) is 0 Å². The molecule has 0 spiro atoms. The summed E-state index contributed by atoms with van der Waals surface area (Å²) in [6, 6.07) is 37.8. The summed E-state index contributed by atoms with van der Waals surface area (Å²) in [4.78, 5) is 5.35. The number of anilines is 6. The molecular formula is C59H63BN2OS. The van der Waals surface area contributed by atoms with E-state index < -0.39 is 0 Å². The van der Waals surface area contributed by atoms with Gasteiger partial charge in [0.15, 0.2) is 0 Å². The summed E-state index contributed by atoms with van der Waals surface area (Å²) < 4.78 is 8.94. The molecule has 0 amide bonds. The first-order valence-electron chi connectivity index (χ1n) is 23.3. The van der Waals surface area contributed by atoms with Crippen LogP contribution in [0.3, 0.4) is 0 Å². The zero-order valence-corrected chi connectivity index (χ0v) is 41.5. The number of furan rings is 1. The van der Waals surface area contributed by atoms with Crippen molar-refractivity contribution in [2.24, 2.45) is 0 Å². The lowest BCUT2D eigenvalue weighted by Gasteiger charge is -2.45. The molecule has 0 aliphatic carbocycles. The van der Waals surface area contributed by atoms with Gasteiger partial charge in [-0.1, -0.05) is 137 Å². The van der Waals surface area contributed by atoms with Gasteiger partial charge in [-0.25, -0.2) is 0 Å². The normalized spacial score (nSPS) is 13.9. The van der Waals surface area contributed by atoms with E-state index in [1.807, 2.05) is 17.6 Å². The van der Waals surface area contributed by atoms with Crippen LogP contribution >= 0.6 is 11.3 Å². The fourth-order valence-corrected chi connectivity index (χ4v) is 11.9. The highest BCUT2D eigenvalue weighted by molar-refractivity contribution is 7.33. The second kappa shape index (κ2) is 14.5. The van der Waals surface area contributed by atoms with Crippen LogP contribution in [0.4, 0.5) is 34.1 Å². The third-order valence-corrected chi connectivity index (χ3v) is 15.4. The lowest BCUT2D eigenvalue weighted by Crippen LogP contribution is -2.60. The number of rotatable bonds is 4. The van der Waals surface area contributed by atoms with E-state index in [1.54, 1.807) is 0 Å². The maximum atomic E-state index is 6.20. The van der Waals surface area contributed by atoms with Crippen molar-refractivity contribution in [3.63, 3.8) is 0 Å². The van der Waals surface area contributed by atoms with Crippen LogP contribution in [0.15, 0.2) is 108 Å². The topological polar surface area (TPSA) is 19.6 Å². The average molecular weight is 859 g/mol. The number of para-hydroxylation sites is 1. The molecule has 0 radical (unpaired) electrons. The quantitative estimate of drug-likeness (QED) is 0.164. The third kappa shape index (κ3) is 6.59. The molecule has 0 saturated carbocycles. The number of fused-ring (bicyclic) bond motifs is 7. The summed E-state index contributed by atoms with van der Waals surface area (Å²) in [7, 11) is 0. The Kier molecular flexibility index (Phi) is 9.61. The van der Waals surface area contributed by atoms with E-state index in [9.17, 15) is 0 Å². The van der Waals surface area contributed by atoms with Gasteiger partial charge in [0.1, 0.15) is 5.58 Å². The number of hydrogen-bond donors (Lipinski definition) is 0. The minimum absolute atomic E-state index is 0.00242. The van der Waals surface area contributed by atoms with Crippen molar-refractivity contribution in [1.82, 2.24) is 0 Å². The number of hydrogen-bond acceptors (Lipinski definition) is 4. The predicted molar refractivity (Wildman–Crippen MR) is 280 cm³/mol. The molecule has 3 nitrogen and oxygen atoms in total. The van der Waals surface area contributed by atoms with Crippen molar-refractivity contribution in [2.45, 2.75) is 126 Å². The molecule has 2 aliphatic rings. The molecule has 0 saturated heterocycles. The van der Waals surface area contributed by atoms with Crippen LogP contribution in [0.2, 0.25) is 0 Å². The van der Waals surface area contributed by atoms with E-state index in [-0.39, 0.29) is 23.0 Å². The summed E-state index contributed by atoms with van der Waals surface area (Å²) in [6.07, 6.45) is 1.95. The van der Waals surface area contributed by atoms with E-state index in [1.165, 1.54) is 104 Å². The van der Waals surface area contributed by atoms with Gasteiger partial charge in [-0.05, 0) is 147 Å². The fourth-order valence-electron chi connectivity index (χ4n) is 10.6. The number of thiophene rings is 1. The molecule has 0 fully saturated rings. The maximum Gasteiger partial charge on any atom is 0.264 e. The van der Waals surface area contributed by atoms with Gasteiger partial charge in [0, 0.05) is 42.9 Å². The SMILES string of the molecule is Cc1cc(C(C)(C)C)cc(C)c1N1c2cc(-c3coc4ccccc34)ccc2B2c3sc4ccc(C(C)(C)C)cc4c3N(c3c(C)cc(C(C)(C)C)cc3C)c3cc(C(C)C)cc1c32. The summed E-state index contributed by atoms with van der Waals surface area (Å²) in [5.74, 6) is 0.303. The van der Waals surface area contributed by atoms with Crippen molar-refractivity contribution >= 4 is 88.9 Å². The highest BCUT2D eigenvalue weighted by Gasteiger charge is 2.47. The van der Waals surface area contributed by atoms with Gasteiger partial charge in [-0.2, -0.15) is 0 Å². The van der Waals surface area contributed by atoms with Gasteiger partial charge in [0.2, 0.25) is 0 Å². The molecule has 2 aliphatic heterocycles. The average Bonchev–Trinajstić information content (AvgIpc) is 3.82. The largest absolute Gasteiger partial charge is 0.464 e. The number of aryl methyl sites for hydroxylation is 4. The summed E-state index contributed by atoms with van der Waals surface area (Å²) >= 11 is 1.99. The first kappa shape index (κ1) is 42.4. The molecule has 6 aromatic carbocycles. The standard InChI is InChI=1S/C59H63BN2OS/c1-33(2)39-29-48-52-49(30-39)62(54-36(5)26-42(27-37(54)6)59(13,14)15)55-44-31-40(57(7,8)9)21-23-51(44)64-56(55)60(52)46-22-20-38(45-32-63-50-19-17-16-18-43(45)50)28-47(46)61(48)53-34(3)24-41(25-35(53)4)58(10,11)12/h16-33H,1-15H3. The summed E-state index contributed by atoms with van der Waals surface area (Å²) in [5.41, 5.74) is 24.2. The second-order valence-corrected chi connectivity index (χ2v) is 23.4. The summed E-state index contributed by atoms with van der Waals surface area (Å²) in [6.45, 7) is 35.0. The molecular weight excluding hydrogens is 796 g/mol. The Morgan fingerprint density at radius 3 is 1.69 bits per heavy atom. The van der Waals surface area contributed by atoms with Crippen molar-refractivity contribution < 1.29 is 4.42 Å². The van der Waals surface area contributed by atoms with E-state index >= 15 is 0 Å². The van der Waals surface area contributed by atoms with E-state index in [0.717, 1.165) is 22.1 Å². The Morgan fingerprint density at radius 1 is 0.547 bits per heavy atom. The van der Waals surface area contributed by atoms with Crippen molar-refractivity contribution in [1.29, 1.82) is 0 Å². The first-order chi connectivity index (χ1) is 30.1. The van der Waals surface area contributed by atoms with E-state index in [2.05, 4.69) is 211 Å². The third-order valence-electron chi connectivity index (χ3n) is 14.2. The molecule has 4 heterocycles. The lowest BCUT2D eigenvalue weighted by molar-refractivity contribution is 0.589. The Balaban J connectivity index is 1.36. The van der Waals surface area contributed by atoms with Gasteiger partial charge in [-0.3, -0.25) is 0 Å².